The Morgan fingerprint density at radius 3 is 2.83 bits per heavy atom. The molecular formula is C12H12F2N2OS. The lowest BCUT2D eigenvalue weighted by Gasteiger charge is -2.02. The molecule has 0 aromatic carbocycles. The molecule has 0 radical (unpaired) electrons. The van der Waals surface area contributed by atoms with Gasteiger partial charge in [-0.05, 0) is 24.3 Å². The number of hydrogen-bond donors (Lipinski definition) is 1. The molecule has 6 heteroatoms. The quantitative estimate of drug-likeness (QED) is 0.867. The number of rotatable bonds is 6. The monoisotopic (exact) mass is 270 g/mol. The van der Waals surface area contributed by atoms with E-state index >= 15 is 0 Å². The Balaban J connectivity index is 1.83. The van der Waals surface area contributed by atoms with E-state index in [1.54, 1.807) is 24.5 Å². The van der Waals surface area contributed by atoms with Crippen molar-refractivity contribution >= 4 is 17.4 Å². The second kappa shape index (κ2) is 6.39. The zero-order valence-corrected chi connectivity index (χ0v) is 10.3. The van der Waals surface area contributed by atoms with Crippen LogP contribution in [-0.4, -0.2) is 10.7 Å². The summed E-state index contributed by atoms with van der Waals surface area (Å²) < 4.78 is 29.4. The number of halogens is 2. The number of thioether (sulfide) groups is 1. The molecule has 0 aliphatic rings. The standard InChI is InChI=1S/C12H12F2N2OS/c13-12(14)18-8-11-4-3-10(17-11)7-16-9-2-1-5-15-6-9/h1-6,12,16H,7-8H2. The Morgan fingerprint density at radius 2 is 2.11 bits per heavy atom. The first-order valence-corrected chi connectivity index (χ1v) is 6.40. The molecule has 2 aromatic rings. The summed E-state index contributed by atoms with van der Waals surface area (Å²) in [7, 11) is 0. The van der Waals surface area contributed by atoms with Gasteiger partial charge in [-0.25, -0.2) is 0 Å². The molecule has 0 unspecified atom stereocenters. The van der Waals surface area contributed by atoms with Crippen LogP contribution in [0.15, 0.2) is 41.1 Å². The van der Waals surface area contributed by atoms with Gasteiger partial charge in [-0.2, -0.15) is 8.78 Å². The summed E-state index contributed by atoms with van der Waals surface area (Å²) in [5.74, 6) is -0.913. The number of nitrogens with zero attached hydrogens (tertiary/aromatic N) is 1. The first kappa shape index (κ1) is 12.9. The van der Waals surface area contributed by atoms with Crippen LogP contribution in [-0.2, 0) is 12.3 Å². The molecular weight excluding hydrogens is 258 g/mol. The highest BCUT2D eigenvalue weighted by atomic mass is 32.2. The molecule has 0 amide bonds. The topological polar surface area (TPSA) is 38.1 Å². The smallest absolute Gasteiger partial charge is 0.284 e. The largest absolute Gasteiger partial charge is 0.463 e. The summed E-state index contributed by atoms with van der Waals surface area (Å²) in [5, 5.41) is 3.13. The second-order valence-corrected chi connectivity index (χ2v) is 4.51. The van der Waals surface area contributed by atoms with Crippen molar-refractivity contribution in [3.05, 3.63) is 48.2 Å². The maximum absolute atomic E-state index is 12.0. The Kier molecular flexibility index (Phi) is 4.58. The Labute approximate surface area is 108 Å². The van der Waals surface area contributed by atoms with E-state index in [0.29, 0.717) is 29.8 Å². The Morgan fingerprint density at radius 1 is 1.28 bits per heavy atom. The van der Waals surface area contributed by atoms with Gasteiger partial charge in [0.2, 0.25) is 0 Å². The molecule has 0 aliphatic heterocycles. The van der Waals surface area contributed by atoms with Gasteiger partial charge in [-0.3, -0.25) is 4.98 Å². The van der Waals surface area contributed by atoms with E-state index in [1.807, 2.05) is 12.1 Å². The molecule has 3 nitrogen and oxygen atoms in total. The van der Waals surface area contributed by atoms with Crippen LogP contribution >= 0.6 is 11.8 Å². The molecule has 0 saturated heterocycles. The van der Waals surface area contributed by atoms with E-state index in [2.05, 4.69) is 10.3 Å². The minimum atomic E-state index is -2.37. The molecule has 2 aromatic heterocycles. The highest BCUT2D eigenvalue weighted by Crippen LogP contribution is 2.21. The van der Waals surface area contributed by atoms with Gasteiger partial charge in [0.25, 0.3) is 5.76 Å². The second-order valence-electron chi connectivity index (χ2n) is 3.53. The number of alkyl halides is 2. The number of aromatic nitrogens is 1. The summed E-state index contributed by atoms with van der Waals surface area (Å²) in [4.78, 5) is 3.97. The maximum Gasteiger partial charge on any atom is 0.284 e. The molecule has 0 bridgehead atoms. The van der Waals surface area contributed by atoms with Gasteiger partial charge in [0, 0.05) is 12.4 Å². The molecule has 96 valence electrons. The first-order valence-electron chi connectivity index (χ1n) is 5.35. The summed E-state index contributed by atoms with van der Waals surface area (Å²) in [6.07, 6.45) is 3.40. The van der Waals surface area contributed by atoms with E-state index in [0.717, 1.165) is 5.69 Å². The van der Waals surface area contributed by atoms with E-state index in [1.165, 1.54) is 0 Å². The van der Waals surface area contributed by atoms with E-state index in [4.69, 9.17) is 4.42 Å². The molecule has 2 heterocycles. The van der Waals surface area contributed by atoms with Gasteiger partial charge in [0.05, 0.1) is 18.0 Å². The summed E-state index contributed by atoms with van der Waals surface area (Å²) in [6.45, 7) is 0.505. The number of pyridine rings is 1. The fourth-order valence-electron chi connectivity index (χ4n) is 1.40. The first-order chi connectivity index (χ1) is 8.74. The molecule has 0 spiro atoms. The Hall–Kier alpha value is -1.56. The fraction of sp³-hybridized carbons (Fsp3) is 0.250. The maximum atomic E-state index is 12.0. The predicted molar refractivity (Wildman–Crippen MR) is 67.6 cm³/mol. The van der Waals surface area contributed by atoms with Crippen LogP contribution in [0.5, 0.6) is 0 Å². The van der Waals surface area contributed by atoms with Crippen molar-refractivity contribution in [1.82, 2.24) is 4.98 Å². The number of hydrogen-bond acceptors (Lipinski definition) is 4. The molecule has 2 rings (SSSR count). The third-order valence-electron chi connectivity index (χ3n) is 2.20. The van der Waals surface area contributed by atoms with Crippen LogP contribution in [0.2, 0.25) is 0 Å². The molecule has 0 fully saturated rings. The minimum Gasteiger partial charge on any atom is -0.463 e. The van der Waals surface area contributed by atoms with Gasteiger partial charge < -0.3 is 9.73 Å². The van der Waals surface area contributed by atoms with Gasteiger partial charge >= 0.3 is 0 Å². The average molecular weight is 270 g/mol. The Bertz CT molecular complexity index is 476. The van der Waals surface area contributed by atoms with Crippen LogP contribution in [0, 0.1) is 0 Å². The molecule has 0 saturated carbocycles. The van der Waals surface area contributed by atoms with Crippen molar-refractivity contribution in [2.75, 3.05) is 5.32 Å². The fourth-order valence-corrected chi connectivity index (χ4v) is 1.84. The van der Waals surface area contributed by atoms with Crippen LogP contribution in [0.25, 0.3) is 0 Å². The van der Waals surface area contributed by atoms with Crippen molar-refractivity contribution in [2.45, 2.75) is 18.1 Å². The molecule has 0 aliphatic carbocycles. The van der Waals surface area contributed by atoms with Gasteiger partial charge in [-0.1, -0.05) is 11.8 Å². The van der Waals surface area contributed by atoms with Gasteiger partial charge in [0.15, 0.2) is 0 Å². The lowest BCUT2D eigenvalue weighted by molar-refractivity contribution is 0.251. The van der Waals surface area contributed by atoms with E-state index < -0.39 is 5.76 Å². The number of furan rings is 1. The molecule has 18 heavy (non-hydrogen) atoms. The number of anilines is 1. The van der Waals surface area contributed by atoms with Crippen LogP contribution in [0.1, 0.15) is 11.5 Å². The zero-order valence-electron chi connectivity index (χ0n) is 9.48. The van der Waals surface area contributed by atoms with E-state index in [-0.39, 0.29) is 5.75 Å². The van der Waals surface area contributed by atoms with Gasteiger partial charge in [-0.15, -0.1) is 0 Å². The van der Waals surface area contributed by atoms with Crippen molar-refractivity contribution in [3.63, 3.8) is 0 Å². The van der Waals surface area contributed by atoms with Crippen LogP contribution in [0.4, 0.5) is 14.5 Å². The summed E-state index contributed by atoms with van der Waals surface area (Å²) in [6, 6.07) is 7.22. The van der Waals surface area contributed by atoms with Crippen molar-refractivity contribution in [2.24, 2.45) is 0 Å². The zero-order chi connectivity index (χ0) is 12.8. The highest BCUT2D eigenvalue weighted by Gasteiger charge is 2.07. The van der Waals surface area contributed by atoms with Gasteiger partial charge in [0.1, 0.15) is 11.5 Å². The average Bonchev–Trinajstić information content (AvgIpc) is 2.83. The normalized spacial score (nSPS) is 10.8. The number of nitrogens with one attached hydrogen (secondary N) is 1. The highest BCUT2D eigenvalue weighted by molar-refractivity contribution is 7.98. The molecule has 0 atom stereocenters. The van der Waals surface area contributed by atoms with Crippen LogP contribution in [0.3, 0.4) is 0 Å². The SMILES string of the molecule is FC(F)SCc1ccc(CNc2cccnc2)o1. The van der Waals surface area contributed by atoms with Crippen LogP contribution < -0.4 is 5.32 Å². The van der Waals surface area contributed by atoms with Crippen molar-refractivity contribution in [3.8, 4) is 0 Å². The van der Waals surface area contributed by atoms with E-state index in [9.17, 15) is 8.78 Å². The third-order valence-corrected chi connectivity index (χ3v) is 2.90. The lowest BCUT2D eigenvalue weighted by atomic mass is 10.4. The third kappa shape index (κ3) is 4.03. The summed E-state index contributed by atoms with van der Waals surface area (Å²) in [5.41, 5.74) is 0.886. The van der Waals surface area contributed by atoms with Crippen molar-refractivity contribution < 1.29 is 13.2 Å². The summed E-state index contributed by atoms with van der Waals surface area (Å²) >= 11 is 0.555. The minimum absolute atomic E-state index is 0.185. The molecule has 1 N–H and O–H groups in total. The van der Waals surface area contributed by atoms with Crippen molar-refractivity contribution in [1.29, 1.82) is 0 Å². The predicted octanol–water partition coefficient (Wildman–Crippen LogP) is 3.74. The lowest BCUT2D eigenvalue weighted by Crippen LogP contribution is -1.97.